The van der Waals surface area contributed by atoms with Gasteiger partial charge in [-0.2, -0.15) is 5.10 Å². The van der Waals surface area contributed by atoms with Gasteiger partial charge in [0.2, 0.25) is 5.88 Å². The second-order valence-corrected chi connectivity index (χ2v) is 4.67. The molecule has 0 saturated carbocycles. The van der Waals surface area contributed by atoms with Crippen LogP contribution in [-0.4, -0.2) is 25.8 Å². The van der Waals surface area contributed by atoms with Gasteiger partial charge in [0, 0.05) is 24.7 Å². The van der Waals surface area contributed by atoms with Gasteiger partial charge in [-0.25, -0.2) is 9.48 Å². The van der Waals surface area contributed by atoms with E-state index in [0.717, 1.165) is 5.69 Å². The van der Waals surface area contributed by atoms with Gasteiger partial charge in [0.15, 0.2) is 5.75 Å². The second-order valence-electron chi connectivity index (χ2n) is 4.67. The van der Waals surface area contributed by atoms with Crippen LogP contribution < -0.4 is 4.74 Å². The highest BCUT2D eigenvalue weighted by molar-refractivity contribution is 5.98. The molecule has 0 aliphatic carbocycles. The van der Waals surface area contributed by atoms with Gasteiger partial charge in [0.05, 0.1) is 11.2 Å². The van der Waals surface area contributed by atoms with E-state index in [1.165, 1.54) is 6.20 Å². The number of pyridine rings is 1. The molecular weight excluding hydrogens is 270 g/mol. The summed E-state index contributed by atoms with van der Waals surface area (Å²) >= 11 is 0. The third-order valence-electron chi connectivity index (χ3n) is 3.12. The number of carbonyl (C=O) groups is 1. The molecule has 0 bridgehead atoms. The monoisotopic (exact) mass is 283 g/mol. The highest BCUT2D eigenvalue weighted by atomic mass is 16.5. The molecule has 0 fully saturated rings. The molecule has 2 aromatic heterocycles. The van der Waals surface area contributed by atoms with Crippen molar-refractivity contribution in [3.63, 3.8) is 0 Å². The standard InChI is InChI=1S/C15H13N3O3/c1-9-7-13(18(2)17-9)21-14-10-5-3-4-6-12(10)16-8-11(14)15(19)20/h3-8H,1-2H3,(H,19,20). The maximum atomic E-state index is 11.4. The lowest BCUT2D eigenvalue weighted by atomic mass is 10.1. The summed E-state index contributed by atoms with van der Waals surface area (Å²) in [6.07, 6.45) is 1.31. The number of fused-ring (bicyclic) bond motifs is 1. The van der Waals surface area contributed by atoms with Gasteiger partial charge in [-0.15, -0.1) is 0 Å². The average Bonchev–Trinajstić information content (AvgIpc) is 2.77. The zero-order chi connectivity index (χ0) is 15.0. The normalized spacial score (nSPS) is 10.8. The van der Waals surface area contributed by atoms with Crippen LogP contribution in [0.2, 0.25) is 0 Å². The summed E-state index contributed by atoms with van der Waals surface area (Å²) in [4.78, 5) is 15.6. The van der Waals surface area contributed by atoms with Crippen molar-refractivity contribution < 1.29 is 14.6 Å². The number of hydrogen-bond acceptors (Lipinski definition) is 4. The average molecular weight is 283 g/mol. The van der Waals surface area contributed by atoms with Gasteiger partial charge in [-0.05, 0) is 19.1 Å². The molecule has 106 valence electrons. The Morgan fingerprint density at radius 2 is 2.10 bits per heavy atom. The van der Waals surface area contributed by atoms with Crippen LogP contribution in [-0.2, 0) is 7.05 Å². The van der Waals surface area contributed by atoms with Crippen LogP contribution in [0, 0.1) is 6.92 Å². The van der Waals surface area contributed by atoms with Crippen LogP contribution in [0.25, 0.3) is 10.9 Å². The fourth-order valence-electron chi connectivity index (χ4n) is 2.17. The number of benzene rings is 1. The first-order valence-electron chi connectivity index (χ1n) is 6.36. The summed E-state index contributed by atoms with van der Waals surface area (Å²) < 4.78 is 7.38. The van der Waals surface area contributed by atoms with Gasteiger partial charge in [-0.1, -0.05) is 12.1 Å². The van der Waals surface area contributed by atoms with Gasteiger partial charge >= 0.3 is 5.97 Å². The van der Waals surface area contributed by atoms with Crippen LogP contribution in [0.5, 0.6) is 11.6 Å². The third kappa shape index (κ3) is 2.31. The Bertz CT molecular complexity index is 839. The summed E-state index contributed by atoms with van der Waals surface area (Å²) in [6, 6.07) is 9.00. The number of hydrogen-bond donors (Lipinski definition) is 1. The molecular formula is C15H13N3O3. The molecule has 3 aromatic rings. The number of rotatable bonds is 3. The number of ether oxygens (including phenoxy) is 1. The highest BCUT2D eigenvalue weighted by Gasteiger charge is 2.18. The molecule has 6 nitrogen and oxygen atoms in total. The van der Waals surface area contributed by atoms with Crippen LogP contribution in [0.3, 0.4) is 0 Å². The molecule has 3 rings (SSSR count). The SMILES string of the molecule is Cc1cc(Oc2c(C(=O)O)cnc3ccccc23)n(C)n1. The topological polar surface area (TPSA) is 77.2 Å². The molecule has 1 aromatic carbocycles. The zero-order valence-corrected chi connectivity index (χ0v) is 11.6. The summed E-state index contributed by atoms with van der Waals surface area (Å²) in [5.74, 6) is -0.329. The summed E-state index contributed by atoms with van der Waals surface area (Å²) in [5, 5.41) is 14.2. The lowest BCUT2D eigenvalue weighted by Crippen LogP contribution is -2.04. The van der Waals surface area contributed by atoms with Crippen LogP contribution in [0.15, 0.2) is 36.5 Å². The molecule has 0 amide bonds. The van der Waals surface area contributed by atoms with E-state index in [0.29, 0.717) is 16.8 Å². The lowest BCUT2D eigenvalue weighted by Gasteiger charge is -2.11. The number of carboxylic acid groups (broad SMARTS) is 1. The van der Waals surface area contributed by atoms with Crippen molar-refractivity contribution in [3.8, 4) is 11.6 Å². The highest BCUT2D eigenvalue weighted by Crippen LogP contribution is 2.32. The van der Waals surface area contributed by atoms with E-state index < -0.39 is 5.97 Å². The van der Waals surface area contributed by atoms with Crippen molar-refractivity contribution in [3.05, 3.63) is 47.8 Å². The third-order valence-corrected chi connectivity index (χ3v) is 3.12. The Morgan fingerprint density at radius 3 is 2.76 bits per heavy atom. The Kier molecular flexibility index (Phi) is 3.06. The summed E-state index contributed by atoms with van der Waals surface area (Å²) in [6.45, 7) is 1.84. The first-order valence-corrected chi connectivity index (χ1v) is 6.36. The minimum atomic E-state index is -1.08. The minimum absolute atomic E-state index is 0.0209. The van der Waals surface area contributed by atoms with E-state index in [-0.39, 0.29) is 11.3 Å². The maximum absolute atomic E-state index is 11.4. The maximum Gasteiger partial charge on any atom is 0.341 e. The molecule has 0 unspecified atom stereocenters. The van der Waals surface area contributed by atoms with E-state index >= 15 is 0 Å². The van der Waals surface area contributed by atoms with Crippen molar-refractivity contribution in [2.75, 3.05) is 0 Å². The smallest absolute Gasteiger partial charge is 0.341 e. The largest absolute Gasteiger partial charge is 0.477 e. The number of aromatic carboxylic acids is 1. The Labute approximate surface area is 120 Å². The van der Waals surface area contributed by atoms with Crippen molar-refractivity contribution in [2.24, 2.45) is 7.05 Å². The first-order chi connectivity index (χ1) is 10.1. The number of aromatic nitrogens is 3. The molecule has 0 aliphatic rings. The zero-order valence-electron chi connectivity index (χ0n) is 11.6. The fraction of sp³-hybridized carbons (Fsp3) is 0.133. The summed E-state index contributed by atoms with van der Waals surface area (Å²) in [5.41, 5.74) is 1.49. The van der Waals surface area contributed by atoms with Crippen LogP contribution >= 0.6 is 0 Å². The van der Waals surface area contributed by atoms with E-state index in [2.05, 4.69) is 10.1 Å². The van der Waals surface area contributed by atoms with Crippen LogP contribution in [0.1, 0.15) is 16.1 Å². The molecule has 0 atom stereocenters. The Hall–Kier alpha value is -2.89. The van der Waals surface area contributed by atoms with Gasteiger partial charge < -0.3 is 9.84 Å². The van der Waals surface area contributed by atoms with Gasteiger partial charge in [0.25, 0.3) is 0 Å². The number of nitrogens with zero attached hydrogens (tertiary/aromatic N) is 3. The quantitative estimate of drug-likeness (QED) is 0.799. The number of carboxylic acids is 1. The van der Waals surface area contributed by atoms with E-state index in [9.17, 15) is 9.90 Å². The van der Waals surface area contributed by atoms with E-state index in [1.807, 2.05) is 25.1 Å². The molecule has 21 heavy (non-hydrogen) atoms. The second kappa shape index (κ2) is 4.90. The van der Waals surface area contributed by atoms with Crippen molar-refractivity contribution in [2.45, 2.75) is 6.92 Å². The Morgan fingerprint density at radius 1 is 1.33 bits per heavy atom. The molecule has 1 N–H and O–H groups in total. The predicted molar refractivity (Wildman–Crippen MR) is 76.7 cm³/mol. The molecule has 6 heteroatoms. The van der Waals surface area contributed by atoms with E-state index in [4.69, 9.17) is 4.74 Å². The number of para-hydroxylation sites is 1. The van der Waals surface area contributed by atoms with E-state index in [1.54, 1.807) is 23.9 Å². The Balaban J connectivity index is 2.21. The molecule has 0 radical (unpaired) electrons. The van der Waals surface area contributed by atoms with Crippen LogP contribution in [0.4, 0.5) is 0 Å². The first kappa shape index (κ1) is 13.1. The predicted octanol–water partition coefficient (Wildman–Crippen LogP) is 2.77. The molecule has 0 saturated heterocycles. The lowest BCUT2D eigenvalue weighted by molar-refractivity contribution is 0.0694. The van der Waals surface area contributed by atoms with Crippen molar-refractivity contribution in [1.29, 1.82) is 0 Å². The fourth-order valence-corrected chi connectivity index (χ4v) is 2.17. The van der Waals surface area contributed by atoms with Crippen molar-refractivity contribution in [1.82, 2.24) is 14.8 Å². The van der Waals surface area contributed by atoms with Crippen molar-refractivity contribution >= 4 is 16.9 Å². The number of aryl methyl sites for hydroxylation is 2. The van der Waals surface area contributed by atoms with Gasteiger partial charge in [0.1, 0.15) is 5.56 Å². The molecule has 2 heterocycles. The minimum Gasteiger partial charge on any atom is -0.477 e. The molecule has 0 aliphatic heterocycles. The molecule has 0 spiro atoms. The van der Waals surface area contributed by atoms with Gasteiger partial charge in [-0.3, -0.25) is 4.98 Å². The summed E-state index contributed by atoms with van der Waals surface area (Å²) in [7, 11) is 1.74.